The number of thiophene rings is 1. The zero-order chi connectivity index (χ0) is 18.9. The van der Waals surface area contributed by atoms with Gasteiger partial charge in [0.05, 0.1) is 24.5 Å². The number of morpholine rings is 1. The SMILES string of the molecule is Cc1nn2c(NCCCN3CCOCC3)c3c(nc2c1-c1cccs1)CCC3. The monoisotopic (exact) mass is 397 g/mol. The van der Waals surface area contributed by atoms with Crippen molar-refractivity contribution in [1.82, 2.24) is 19.5 Å². The molecule has 1 saturated heterocycles. The fourth-order valence-corrected chi connectivity index (χ4v) is 5.18. The summed E-state index contributed by atoms with van der Waals surface area (Å²) in [4.78, 5) is 8.78. The van der Waals surface area contributed by atoms with Gasteiger partial charge >= 0.3 is 0 Å². The molecule has 0 atom stereocenters. The summed E-state index contributed by atoms with van der Waals surface area (Å²) in [5.41, 5.74) is 5.84. The Balaban J connectivity index is 1.42. The van der Waals surface area contributed by atoms with Crippen LogP contribution in [0.3, 0.4) is 0 Å². The Labute approximate surface area is 169 Å². The quantitative estimate of drug-likeness (QED) is 0.646. The van der Waals surface area contributed by atoms with Crippen molar-refractivity contribution in [2.24, 2.45) is 0 Å². The number of hydrogen-bond donors (Lipinski definition) is 1. The van der Waals surface area contributed by atoms with E-state index in [4.69, 9.17) is 14.8 Å². The highest BCUT2D eigenvalue weighted by atomic mass is 32.1. The average molecular weight is 398 g/mol. The number of ether oxygens (including phenoxy) is 1. The largest absolute Gasteiger partial charge is 0.379 e. The minimum absolute atomic E-state index is 0.865. The van der Waals surface area contributed by atoms with Crippen molar-refractivity contribution < 1.29 is 4.74 Å². The number of aromatic nitrogens is 3. The second-order valence-electron chi connectivity index (χ2n) is 7.65. The van der Waals surface area contributed by atoms with Gasteiger partial charge in [0.2, 0.25) is 0 Å². The first-order valence-electron chi connectivity index (χ1n) is 10.3. The van der Waals surface area contributed by atoms with Gasteiger partial charge in [-0.25, -0.2) is 4.98 Å². The second-order valence-corrected chi connectivity index (χ2v) is 8.59. The van der Waals surface area contributed by atoms with E-state index in [9.17, 15) is 0 Å². The minimum atomic E-state index is 0.865. The maximum atomic E-state index is 5.44. The van der Waals surface area contributed by atoms with Gasteiger partial charge in [-0.15, -0.1) is 11.3 Å². The van der Waals surface area contributed by atoms with Crippen molar-refractivity contribution in [3.8, 4) is 10.4 Å². The summed E-state index contributed by atoms with van der Waals surface area (Å²) in [6, 6.07) is 4.26. The highest BCUT2D eigenvalue weighted by molar-refractivity contribution is 7.13. The highest BCUT2D eigenvalue weighted by Crippen LogP contribution is 2.35. The molecule has 0 radical (unpaired) electrons. The van der Waals surface area contributed by atoms with Crippen LogP contribution in [0.2, 0.25) is 0 Å². The van der Waals surface area contributed by atoms with Gasteiger partial charge in [0.15, 0.2) is 5.65 Å². The van der Waals surface area contributed by atoms with Crippen molar-refractivity contribution in [1.29, 1.82) is 0 Å². The lowest BCUT2D eigenvalue weighted by molar-refractivity contribution is 0.0378. The molecule has 0 aromatic carbocycles. The highest BCUT2D eigenvalue weighted by Gasteiger charge is 2.24. The van der Waals surface area contributed by atoms with Crippen LogP contribution in [0.5, 0.6) is 0 Å². The van der Waals surface area contributed by atoms with Crippen LogP contribution in [0.15, 0.2) is 17.5 Å². The molecule has 5 rings (SSSR count). The molecule has 0 unspecified atom stereocenters. The maximum Gasteiger partial charge on any atom is 0.166 e. The molecule has 1 aliphatic carbocycles. The van der Waals surface area contributed by atoms with Crippen molar-refractivity contribution in [2.45, 2.75) is 32.6 Å². The third-order valence-electron chi connectivity index (χ3n) is 5.78. The van der Waals surface area contributed by atoms with Crippen LogP contribution in [0.1, 0.15) is 29.8 Å². The van der Waals surface area contributed by atoms with Crippen LogP contribution in [0.25, 0.3) is 16.1 Å². The fraction of sp³-hybridized carbons (Fsp3) is 0.524. The number of hydrogen-bond acceptors (Lipinski definition) is 6. The molecule has 7 heteroatoms. The summed E-state index contributed by atoms with van der Waals surface area (Å²) in [5.74, 6) is 1.16. The van der Waals surface area contributed by atoms with E-state index >= 15 is 0 Å². The molecule has 6 nitrogen and oxygen atoms in total. The van der Waals surface area contributed by atoms with E-state index < -0.39 is 0 Å². The van der Waals surface area contributed by atoms with E-state index in [0.29, 0.717) is 0 Å². The number of anilines is 1. The van der Waals surface area contributed by atoms with Crippen molar-refractivity contribution in [3.05, 3.63) is 34.5 Å². The summed E-state index contributed by atoms with van der Waals surface area (Å²) in [5, 5.41) is 10.7. The van der Waals surface area contributed by atoms with Crippen molar-refractivity contribution in [3.63, 3.8) is 0 Å². The first-order valence-corrected chi connectivity index (χ1v) is 11.2. The van der Waals surface area contributed by atoms with Crippen molar-refractivity contribution in [2.75, 3.05) is 44.7 Å². The van der Waals surface area contributed by atoms with Crippen LogP contribution >= 0.6 is 11.3 Å². The van der Waals surface area contributed by atoms with E-state index in [0.717, 1.165) is 75.8 Å². The van der Waals surface area contributed by atoms with Crippen molar-refractivity contribution >= 4 is 22.8 Å². The second kappa shape index (κ2) is 7.81. The predicted molar refractivity (Wildman–Crippen MR) is 113 cm³/mol. The van der Waals surface area contributed by atoms with Crippen LogP contribution in [0.4, 0.5) is 5.82 Å². The molecule has 28 heavy (non-hydrogen) atoms. The van der Waals surface area contributed by atoms with E-state index in [1.165, 1.54) is 28.1 Å². The number of fused-ring (bicyclic) bond motifs is 2. The molecule has 4 heterocycles. The smallest absolute Gasteiger partial charge is 0.166 e. The molecule has 0 saturated carbocycles. The first-order chi connectivity index (χ1) is 13.8. The molecule has 148 valence electrons. The van der Waals surface area contributed by atoms with Gasteiger partial charge in [-0.1, -0.05) is 6.07 Å². The normalized spacial score (nSPS) is 17.3. The minimum Gasteiger partial charge on any atom is -0.379 e. The fourth-order valence-electron chi connectivity index (χ4n) is 4.36. The van der Waals surface area contributed by atoms with E-state index in [2.05, 4.69) is 39.2 Å². The van der Waals surface area contributed by atoms with Gasteiger partial charge in [-0.05, 0) is 50.6 Å². The standard InChI is InChI=1S/C21H27N5OS/c1-15-19(18-7-3-14-28-18)21-23-17-6-2-5-16(17)20(26(21)24-15)22-8-4-9-25-10-12-27-13-11-25/h3,7,14,22H,2,4-6,8-13H2,1H3. The number of nitrogens with zero attached hydrogens (tertiary/aromatic N) is 4. The van der Waals surface area contributed by atoms with Gasteiger partial charge in [0.25, 0.3) is 0 Å². The summed E-state index contributed by atoms with van der Waals surface area (Å²) in [7, 11) is 0. The Morgan fingerprint density at radius 3 is 2.96 bits per heavy atom. The maximum absolute atomic E-state index is 5.44. The molecule has 2 aliphatic rings. The third-order valence-corrected chi connectivity index (χ3v) is 6.67. The molecule has 3 aromatic heterocycles. The van der Waals surface area contributed by atoms with Gasteiger partial charge < -0.3 is 10.1 Å². The number of aryl methyl sites for hydroxylation is 2. The summed E-state index contributed by atoms with van der Waals surface area (Å²) in [6.07, 6.45) is 4.47. The number of nitrogens with one attached hydrogen (secondary N) is 1. The van der Waals surface area contributed by atoms with E-state index in [1.807, 2.05) is 0 Å². The lowest BCUT2D eigenvalue weighted by atomic mass is 10.2. The van der Waals surface area contributed by atoms with Gasteiger partial charge in [-0.3, -0.25) is 4.90 Å². The van der Waals surface area contributed by atoms with E-state index in [-0.39, 0.29) is 0 Å². The number of rotatable bonds is 6. The lowest BCUT2D eigenvalue weighted by Gasteiger charge is -2.26. The predicted octanol–water partition coefficient (Wildman–Crippen LogP) is 3.39. The summed E-state index contributed by atoms with van der Waals surface area (Å²) in [6.45, 7) is 8.00. The molecule has 3 aromatic rings. The zero-order valence-electron chi connectivity index (χ0n) is 16.4. The van der Waals surface area contributed by atoms with Gasteiger partial charge in [-0.2, -0.15) is 9.61 Å². The van der Waals surface area contributed by atoms with Gasteiger partial charge in [0, 0.05) is 35.8 Å². The Kier molecular flexibility index (Phi) is 5.05. The van der Waals surface area contributed by atoms with Gasteiger partial charge in [0.1, 0.15) is 5.82 Å². The Morgan fingerprint density at radius 1 is 1.25 bits per heavy atom. The van der Waals surface area contributed by atoms with Crippen LogP contribution in [0, 0.1) is 6.92 Å². The molecular weight excluding hydrogens is 370 g/mol. The first kappa shape index (κ1) is 18.1. The van der Waals surface area contributed by atoms with E-state index in [1.54, 1.807) is 11.3 Å². The Bertz CT molecular complexity index is 959. The summed E-state index contributed by atoms with van der Waals surface area (Å²) < 4.78 is 7.50. The topological polar surface area (TPSA) is 54.7 Å². The molecule has 1 aliphatic heterocycles. The molecule has 1 fully saturated rings. The third kappa shape index (κ3) is 3.32. The molecule has 0 amide bonds. The average Bonchev–Trinajstić information content (AvgIpc) is 3.44. The molecule has 0 bridgehead atoms. The van der Waals surface area contributed by atoms with Crippen LogP contribution < -0.4 is 5.32 Å². The molecule has 0 spiro atoms. The Hall–Kier alpha value is -1.96. The molecule has 1 N–H and O–H groups in total. The molecular formula is C21H27N5OS. The summed E-state index contributed by atoms with van der Waals surface area (Å²) >= 11 is 1.76. The zero-order valence-corrected chi connectivity index (χ0v) is 17.2. The Morgan fingerprint density at radius 2 is 2.14 bits per heavy atom. The van der Waals surface area contributed by atoms with Crippen LogP contribution in [-0.4, -0.2) is 58.9 Å². The lowest BCUT2D eigenvalue weighted by Crippen LogP contribution is -2.37. The van der Waals surface area contributed by atoms with Crippen LogP contribution in [-0.2, 0) is 17.6 Å².